The molecule has 0 aliphatic carbocycles. The molecule has 0 fully saturated rings. The molecule has 0 saturated heterocycles. The third-order valence-electron chi connectivity index (χ3n) is 5.19. The predicted molar refractivity (Wildman–Crippen MR) is 104 cm³/mol. The van der Waals surface area contributed by atoms with Crippen LogP contribution in [0, 0.1) is 11.3 Å². The molecule has 0 radical (unpaired) electrons. The van der Waals surface area contributed by atoms with Crippen molar-refractivity contribution in [1.82, 2.24) is 4.57 Å². The number of para-hydroxylation sites is 1. The second-order valence-electron chi connectivity index (χ2n) is 6.64. The van der Waals surface area contributed by atoms with Gasteiger partial charge in [-0.2, -0.15) is 5.26 Å². The summed E-state index contributed by atoms with van der Waals surface area (Å²) in [4.78, 5) is 13.2. The van der Waals surface area contributed by atoms with Crippen LogP contribution in [0.15, 0.2) is 64.8 Å². The summed E-state index contributed by atoms with van der Waals surface area (Å²) in [7, 11) is 1.73. The summed E-state index contributed by atoms with van der Waals surface area (Å²) >= 11 is 0. The number of nitriles is 1. The number of hydrogen-bond donors (Lipinski definition) is 1. The van der Waals surface area contributed by atoms with Crippen LogP contribution in [0.4, 0.5) is 0 Å². The molecule has 1 atom stereocenters. The Labute approximate surface area is 156 Å². The zero-order valence-electron chi connectivity index (χ0n) is 15.2. The minimum atomic E-state index is -0.548. The summed E-state index contributed by atoms with van der Waals surface area (Å²) in [6.07, 6.45) is 0.917. The minimum Gasteiger partial charge on any atom is -0.439 e. The standard InChI is InChI=1S/C22H19N3O2/c1-3-13-8-10-14(11-9-13)18-16(12-23)21(24)27-20-15-6-4-5-7-17(15)25(2)22(26)19(18)20/h4-11,18H,3,24H2,1-2H3. The van der Waals surface area contributed by atoms with Crippen LogP contribution in [0.5, 0.6) is 5.75 Å². The summed E-state index contributed by atoms with van der Waals surface area (Å²) in [5.74, 6) is -0.0595. The molecule has 1 aliphatic rings. The van der Waals surface area contributed by atoms with Crippen molar-refractivity contribution in [2.45, 2.75) is 19.3 Å². The highest BCUT2D eigenvalue weighted by atomic mass is 16.5. The van der Waals surface area contributed by atoms with Gasteiger partial charge in [0.15, 0.2) is 0 Å². The maximum Gasteiger partial charge on any atom is 0.258 e. The van der Waals surface area contributed by atoms with E-state index in [4.69, 9.17) is 10.5 Å². The van der Waals surface area contributed by atoms with E-state index in [1.54, 1.807) is 11.6 Å². The number of benzene rings is 2. The Bertz CT molecular complexity index is 1180. The van der Waals surface area contributed by atoms with Crippen molar-refractivity contribution in [2.75, 3.05) is 0 Å². The number of pyridine rings is 1. The molecule has 1 aromatic heterocycles. The Balaban J connectivity index is 2.07. The second kappa shape index (κ2) is 6.33. The summed E-state index contributed by atoms with van der Waals surface area (Å²) in [5.41, 5.74) is 9.42. The van der Waals surface area contributed by atoms with Crippen molar-refractivity contribution in [3.05, 3.63) is 87.0 Å². The van der Waals surface area contributed by atoms with Crippen LogP contribution in [0.2, 0.25) is 0 Å². The molecule has 2 aromatic carbocycles. The Kier molecular flexibility index (Phi) is 3.97. The molecular formula is C22H19N3O2. The first-order valence-electron chi connectivity index (χ1n) is 8.84. The summed E-state index contributed by atoms with van der Waals surface area (Å²) in [6, 6.07) is 17.6. The van der Waals surface area contributed by atoms with Crippen molar-refractivity contribution in [3.8, 4) is 11.8 Å². The highest BCUT2D eigenvalue weighted by molar-refractivity contribution is 5.88. The number of fused-ring (bicyclic) bond motifs is 3. The third kappa shape index (κ3) is 2.49. The van der Waals surface area contributed by atoms with E-state index >= 15 is 0 Å². The van der Waals surface area contributed by atoms with Crippen molar-refractivity contribution in [3.63, 3.8) is 0 Å². The topological polar surface area (TPSA) is 81.0 Å². The highest BCUT2D eigenvalue weighted by Crippen LogP contribution is 2.43. The Hall–Kier alpha value is -3.52. The lowest BCUT2D eigenvalue weighted by Gasteiger charge is -2.27. The number of ether oxygens (including phenoxy) is 1. The van der Waals surface area contributed by atoms with Crippen LogP contribution in [-0.4, -0.2) is 4.57 Å². The maximum atomic E-state index is 13.2. The number of nitrogens with zero attached hydrogens (tertiary/aromatic N) is 2. The largest absolute Gasteiger partial charge is 0.439 e. The Morgan fingerprint density at radius 2 is 1.89 bits per heavy atom. The SMILES string of the molecule is CCc1ccc(C2C(C#N)=C(N)Oc3c2c(=O)n(C)c2ccccc32)cc1. The fourth-order valence-corrected chi connectivity index (χ4v) is 3.71. The second-order valence-corrected chi connectivity index (χ2v) is 6.64. The van der Waals surface area contributed by atoms with Gasteiger partial charge >= 0.3 is 0 Å². The van der Waals surface area contributed by atoms with Crippen molar-refractivity contribution >= 4 is 10.9 Å². The lowest BCUT2D eigenvalue weighted by molar-refractivity contribution is 0.396. The molecule has 0 saturated carbocycles. The lowest BCUT2D eigenvalue weighted by Crippen LogP contribution is -2.31. The molecule has 1 aliphatic heterocycles. The van der Waals surface area contributed by atoms with E-state index in [0.717, 1.165) is 22.9 Å². The molecule has 27 heavy (non-hydrogen) atoms. The van der Waals surface area contributed by atoms with Crippen LogP contribution in [0.25, 0.3) is 10.9 Å². The zero-order chi connectivity index (χ0) is 19.1. The van der Waals surface area contributed by atoms with Gasteiger partial charge in [-0.1, -0.05) is 43.3 Å². The molecule has 0 spiro atoms. The normalized spacial score (nSPS) is 16.0. The quantitative estimate of drug-likeness (QED) is 0.763. The van der Waals surface area contributed by atoms with Crippen LogP contribution >= 0.6 is 0 Å². The van der Waals surface area contributed by atoms with E-state index in [-0.39, 0.29) is 17.0 Å². The first-order valence-corrected chi connectivity index (χ1v) is 8.84. The van der Waals surface area contributed by atoms with Crippen LogP contribution < -0.4 is 16.0 Å². The molecule has 5 nitrogen and oxygen atoms in total. The van der Waals surface area contributed by atoms with Gasteiger partial charge in [-0.05, 0) is 29.7 Å². The smallest absolute Gasteiger partial charge is 0.258 e. The Morgan fingerprint density at radius 3 is 2.56 bits per heavy atom. The fraction of sp³-hybridized carbons (Fsp3) is 0.182. The van der Waals surface area contributed by atoms with Crippen molar-refractivity contribution in [1.29, 1.82) is 5.26 Å². The first kappa shape index (κ1) is 16.9. The van der Waals surface area contributed by atoms with E-state index < -0.39 is 5.92 Å². The molecule has 2 N–H and O–H groups in total. The van der Waals surface area contributed by atoms with Crippen LogP contribution in [0.1, 0.15) is 29.5 Å². The fourth-order valence-electron chi connectivity index (χ4n) is 3.71. The summed E-state index contributed by atoms with van der Waals surface area (Å²) < 4.78 is 7.40. The number of allylic oxidation sites excluding steroid dienone is 1. The van der Waals surface area contributed by atoms with Gasteiger partial charge in [-0.3, -0.25) is 4.79 Å². The number of aromatic nitrogens is 1. The van der Waals surface area contributed by atoms with Gasteiger partial charge < -0.3 is 15.0 Å². The van der Waals surface area contributed by atoms with E-state index in [1.165, 1.54) is 5.56 Å². The summed E-state index contributed by atoms with van der Waals surface area (Å²) in [6.45, 7) is 2.08. The molecule has 2 heterocycles. The molecule has 1 unspecified atom stereocenters. The van der Waals surface area contributed by atoms with E-state index in [0.29, 0.717) is 11.3 Å². The van der Waals surface area contributed by atoms with Gasteiger partial charge in [0, 0.05) is 12.4 Å². The lowest BCUT2D eigenvalue weighted by atomic mass is 9.83. The molecular weight excluding hydrogens is 338 g/mol. The van der Waals surface area contributed by atoms with Crippen molar-refractivity contribution in [2.24, 2.45) is 12.8 Å². The van der Waals surface area contributed by atoms with Gasteiger partial charge in [0.2, 0.25) is 5.88 Å². The molecule has 134 valence electrons. The monoisotopic (exact) mass is 357 g/mol. The highest BCUT2D eigenvalue weighted by Gasteiger charge is 2.35. The van der Waals surface area contributed by atoms with Gasteiger partial charge in [0.1, 0.15) is 17.4 Å². The van der Waals surface area contributed by atoms with Crippen LogP contribution in [-0.2, 0) is 13.5 Å². The van der Waals surface area contributed by atoms with E-state index in [1.807, 2.05) is 48.5 Å². The first-order chi connectivity index (χ1) is 13.1. The minimum absolute atomic E-state index is 0.0491. The number of nitrogens with two attached hydrogens (primary N) is 1. The number of hydrogen-bond acceptors (Lipinski definition) is 4. The summed E-state index contributed by atoms with van der Waals surface area (Å²) in [5, 5.41) is 10.5. The zero-order valence-corrected chi connectivity index (χ0v) is 15.2. The third-order valence-corrected chi connectivity index (χ3v) is 5.19. The van der Waals surface area contributed by atoms with Crippen molar-refractivity contribution < 1.29 is 4.74 Å². The van der Waals surface area contributed by atoms with Gasteiger partial charge in [0.05, 0.1) is 17.0 Å². The van der Waals surface area contributed by atoms with Gasteiger partial charge in [-0.15, -0.1) is 0 Å². The molecule has 3 aromatic rings. The number of rotatable bonds is 2. The molecule has 0 bridgehead atoms. The molecule has 0 amide bonds. The average molecular weight is 357 g/mol. The Morgan fingerprint density at radius 1 is 1.19 bits per heavy atom. The van der Waals surface area contributed by atoms with Gasteiger partial charge in [0.25, 0.3) is 5.56 Å². The number of aryl methyl sites for hydroxylation is 2. The van der Waals surface area contributed by atoms with E-state index in [9.17, 15) is 10.1 Å². The maximum absolute atomic E-state index is 13.2. The predicted octanol–water partition coefficient (Wildman–Crippen LogP) is 3.32. The van der Waals surface area contributed by atoms with E-state index in [2.05, 4.69) is 13.0 Å². The van der Waals surface area contributed by atoms with Gasteiger partial charge in [-0.25, -0.2) is 0 Å². The average Bonchev–Trinajstić information content (AvgIpc) is 2.71. The van der Waals surface area contributed by atoms with Crippen LogP contribution in [0.3, 0.4) is 0 Å². The molecule has 5 heteroatoms. The molecule has 4 rings (SSSR count).